The van der Waals surface area contributed by atoms with Crippen molar-refractivity contribution in [2.45, 2.75) is 12.4 Å². The second-order valence-electron chi connectivity index (χ2n) is 2.83. The molecule has 0 spiro atoms. The molecule has 0 amide bonds. The van der Waals surface area contributed by atoms with E-state index in [-0.39, 0.29) is 1.43 Å². The molecule has 0 saturated heterocycles. The number of carbonyl (C=O) groups excluding carboxylic acids is 1. The Kier molecular flexibility index (Phi) is 12.8. The summed E-state index contributed by atoms with van der Waals surface area (Å²) in [5.74, 6) is -3.16. The SMILES string of the molecule is O=[P+]([O-])OO.OCC(F)(F)F.[2H]C([2H])=C([2H])C(=O)O.[2H]C([2H])=C([2H])C(=O)OCC(F)(F)F.[HH]. The Hall–Kier alpha value is -2.06. The fourth-order valence-electron chi connectivity index (χ4n) is 0.183. The summed E-state index contributed by atoms with van der Waals surface area (Å²) in [5.41, 5.74) is 0. The van der Waals surface area contributed by atoms with E-state index in [1.54, 1.807) is 0 Å². The summed E-state index contributed by atoms with van der Waals surface area (Å²) < 4.78 is 120. The van der Waals surface area contributed by atoms with E-state index in [2.05, 4.69) is 9.41 Å². The van der Waals surface area contributed by atoms with Gasteiger partial charge in [-0.3, -0.25) is 0 Å². The number of hydrogen-bond acceptors (Lipinski definition) is 8. The molecule has 0 saturated carbocycles. The number of aliphatic carboxylic acids is 1. The Morgan fingerprint density at radius 2 is 1.62 bits per heavy atom. The molecule has 26 heavy (non-hydrogen) atoms. The van der Waals surface area contributed by atoms with Crippen molar-refractivity contribution >= 4 is 20.2 Å². The second kappa shape index (κ2) is 17.8. The third-order valence-corrected chi connectivity index (χ3v) is 0.955. The number of rotatable bonds is 4. The predicted octanol–water partition coefficient (Wildman–Crippen LogP) is 1.82. The Morgan fingerprint density at radius 1 is 1.23 bits per heavy atom. The topological polar surface area (TPSA) is 153 Å². The highest BCUT2D eigenvalue weighted by Crippen LogP contribution is 2.14. The van der Waals surface area contributed by atoms with Crippen molar-refractivity contribution < 1.29 is 79.9 Å². The first-order chi connectivity index (χ1) is 14.1. The Labute approximate surface area is 152 Å². The average Bonchev–Trinajstić information content (AvgIpc) is 2.64. The lowest BCUT2D eigenvalue weighted by Crippen LogP contribution is -2.19. The quantitative estimate of drug-likeness (QED) is 0.151. The van der Waals surface area contributed by atoms with E-state index in [0.29, 0.717) is 0 Å². The summed E-state index contributed by atoms with van der Waals surface area (Å²) in [6, 6.07) is -2.19. The van der Waals surface area contributed by atoms with E-state index in [4.69, 9.17) is 33.2 Å². The average molecular weight is 430 g/mol. The van der Waals surface area contributed by atoms with Crippen molar-refractivity contribution in [3.63, 3.8) is 0 Å². The molecule has 0 aromatic rings. The van der Waals surface area contributed by atoms with Crippen molar-refractivity contribution in [2.75, 3.05) is 13.2 Å². The van der Waals surface area contributed by atoms with Gasteiger partial charge in [0.1, 0.15) is 6.61 Å². The zero-order chi connectivity index (χ0) is 26.9. The number of carboxylic acids is 1. The maximum atomic E-state index is 11.4. The summed E-state index contributed by atoms with van der Waals surface area (Å²) in [5, 5.41) is 22.2. The lowest BCUT2D eigenvalue weighted by atomic mass is 10.6. The minimum absolute atomic E-state index is 0. The van der Waals surface area contributed by atoms with Crippen molar-refractivity contribution in [3.8, 4) is 0 Å². The molecule has 0 aromatic heterocycles. The van der Waals surface area contributed by atoms with Crippen LogP contribution in [-0.2, 0) is 23.6 Å². The molecule has 0 aromatic carbocycles. The van der Waals surface area contributed by atoms with E-state index in [1.807, 2.05) is 0 Å². The molecule has 0 aliphatic heterocycles. The van der Waals surface area contributed by atoms with E-state index in [0.717, 1.165) is 0 Å². The van der Waals surface area contributed by atoms with Gasteiger partial charge in [-0.05, 0) is 4.57 Å². The fraction of sp³-hybridized carbons (Fsp3) is 0.400. The van der Waals surface area contributed by atoms with E-state index in [9.17, 15) is 35.9 Å². The number of hydrogen-bond donors (Lipinski definition) is 3. The molecule has 0 aliphatic rings. The lowest BCUT2D eigenvalue weighted by Gasteiger charge is -2.04. The number of esters is 1. The number of ether oxygens (including phenoxy) is 1. The van der Waals surface area contributed by atoms with Crippen LogP contribution in [-0.4, -0.2) is 53.0 Å². The first kappa shape index (κ1) is 18.7. The van der Waals surface area contributed by atoms with Gasteiger partial charge in [-0.15, -0.1) is 0 Å². The number of carbonyl (C=O) groups is 2. The highest BCUT2D eigenvalue weighted by atomic mass is 31.1. The third kappa shape index (κ3) is 57.5. The van der Waals surface area contributed by atoms with Gasteiger partial charge in [-0.25, -0.2) is 14.8 Å². The number of alkyl halides is 6. The lowest BCUT2D eigenvalue weighted by molar-refractivity contribution is -0.244. The minimum Gasteiger partial charge on any atom is -0.565 e. The van der Waals surface area contributed by atoms with Crippen LogP contribution in [0.25, 0.3) is 0 Å². The van der Waals surface area contributed by atoms with Crippen LogP contribution in [0.15, 0.2) is 25.2 Å². The number of halogens is 6. The first-order valence-corrected chi connectivity index (χ1v) is 6.11. The normalized spacial score (nSPS) is 13.2. The smallest absolute Gasteiger partial charge is 0.521 e. The molecule has 0 heterocycles. The van der Waals surface area contributed by atoms with Gasteiger partial charge in [0, 0.05) is 18.2 Å². The zero-order valence-corrected chi connectivity index (χ0v) is 12.8. The van der Waals surface area contributed by atoms with Crippen LogP contribution in [0.4, 0.5) is 26.3 Å². The van der Waals surface area contributed by atoms with Gasteiger partial charge in [0.2, 0.25) is 0 Å². The monoisotopic (exact) mass is 430 g/mol. The Morgan fingerprint density at radius 3 is 1.77 bits per heavy atom. The van der Waals surface area contributed by atoms with Crippen molar-refractivity contribution in [2.24, 2.45) is 0 Å². The van der Waals surface area contributed by atoms with Crippen molar-refractivity contribution in [1.82, 2.24) is 0 Å². The largest absolute Gasteiger partial charge is 0.565 e. The summed E-state index contributed by atoms with van der Waals surface area (Å²) in [6.45, 7) is -5.71. The number of aliphatic hydroxyl groups is 1. The van der Waals surface area contributed by atoms with Crippen LogP contribution in [0.2, 0.25) is 0 Å². The molecule has 156 valence electrons. The van der Waals surface area contributed by atoms with Gasteiger partial charge < -0.3 is 19.8 Å². The maximum Gasteiger partial charge on any atom is 0.521 e. The number of carboxylic acid groups (broad SMARTS) is 1. The molecule has 1 unspecified atom stereocenters. The van der Waals surface area contributed by atoms with Crippen LogP contribution in [0, 0.1) is 0 Å². The Bertz CT molecular complexity index is 665. The maximum absolute atomic E-state index is 11.4. The van der Waals surface area contributed by atoms with Gasteiger partial charge >= 0.3 is 32.5 Å². The van der Waals surface area contributed by atoms with Crippen LogP contribution >= 0.6 is 8.25 Å². The van der Waals surface area contributed by atoms with Gasteiger partial charge in [0.25, 0.3) is 0 Å². The summed E-state index contributed by atoms with van der Waals surface area (Å²) in [4.78, 5) is 29.0. The second-order valence-corrected chi connectivity index (χ2v) is 3.44. The van der Waals surface area contributed by atoms with Gasteiger partial charge in [0.05, 0.1) is 8.22 Å². The highest BCUT2D eigenvalue weighted by Gasteiger charge is 2.29. The van der Waals surface area contributed by atoms with Crippen molar-refractivity contribution in [1.29, 1.82) is 0 Å². The molecule has 0 rings (SSSR count). The van der Waals surface area contributed by atoms with Gasteiger partial charge in [-0.1, -0.05) is 13.1 Å². The fourth-order valence-corrected chi connectivity index (χ4v) is 0.183. The zero-order valence-electron chi connectivity index (χ0n) is 17.9. The van der Waals surface area contributed by atoms with E-state index in [1.165, 1.54) is 0 Å². The van der Waals surface area contributed by atoms with Gasteiger partial charge in [-0.2, -0.15) is 26.3 Å². The first-order valence-electron chi connectivity index (χ1n) is 8.01. The predicted molar refractivity (Wildman–Crippen MR) is 71.6 cm³/mol. The molecular formula is C10H15F6O9P. The molecule has 0 radical (unpaired) electrons. The summed E-state index contributed by atoms with van der Waals surface area (Å²) in [7, 11) is -3.04. The molecule has 16 heteroatoms. The molecule has 0 bridgehead atoms. The van der Waals surface area contributed by atoms with Gasteiger partial charge in [0.15, 0.2) is 6.61 Å². The Balaban J connectivity index is -0.000000113. The molecule has 0 fully saturated rings. The number of aliphatic hydroxyl groups excluding tert-OH is 1. The third-order valence-electron chi connectivity index (χ3n) is 0.822. The minimum atomic E-state index is -4.67. The molecule has 1 atom stereocenters. The van der Waals surface area contributed by atoms with Crippen molar-refractivity contribution in [3.05, 3.63) is 25.2 Å². The summed E-state index contributed by atoms with van der Waals surface area (Å²) >= 11 is 0. The molecular weight excluding hydrogens is 409 g/mol. The van der Waals surface area contributed by atoms with E-state index < -0.39 is 70.9 Å². The van der Waals surface area contributed by atoms with Crippen LogP contribution in [0.1, 0.15) is 9.65 Å². The summed E-state index contributed by atoms with van der Waals surface area (Å²) in [6.07, 6.45) is -9.07. The molecule has 9 nitrogen and oxygen atoms in total. The van der Waals surface area contributed by atoms with Crippen LogP contribution in [0.3, 0.4) is 0 Å². The standard InChI is InChI=1S/C5H5F3O2.C3H4O2.C2H3F3O.HO4P.H2/c1-2-4(9)10-3-5(6,7)8;1-2-3(4)5;3-2(4,5)1-6;1-4-5(2)3;/h2H,1,3H2;2H,1H2,(H,4,5);6H,1H2;1H;1H/i2*1D2,2D;;;. The van der Waals surface area contributed by atoms with E-state index >= 15 is 0 Å². The highest BCUT2D eigenvalue weighted by molar-refractivity contribution is 7.30. The molecule has 3 N–H and O–H groups in total. The molecule has 0 aliphatic carbocycles. The van der Waals surface area contributed by atoms with Crippen LogP contribution < -0.4 is 4.89 Å². The van der Waals surface area contributed by atoms with Crippen LogP contribution in [0.5, 0.6) is 0 Å².